The van der Waals surface area contributed by atoms with Gasteiger partial charge in [0.2, 0.25) is 0 Å². The van der Waals surface area contributed by atoms with E-state index in [0.29, 0.717) is 5.41 Å². The van der Waals surface area contributed by atoms with Crippen molar-refractivity contribution in [1.82, 2.24) is 15.1 Å². The van der Waals surface area contributed by atoms with E-state index in [2.05, 4.69) is 43.2 Å². The Morgan fingerprint density at radius 3 is 2.56 bits per heavy atom. The highest BCUT2D eigenvalue weighted by Gasteiger charge is 2.35. The van der Waals surface area contributed by atoms with Crippen molar-refractivity contribution in [3.8, 4) is 0 Å². The van der Waals surface area contributed by atoms with E-state index in [9.17, 15) is 0 Å². The van der Waals surface area contributed by atoms with Crippen molar-refractivity contribution in [1.29, 1.82) is 0 Å². The number of rotatable bonds is 9. The third kappa shape index (κ3) is 5.65. The summed E-state index contributed by atoms with van der Waals surface area (Å²) < 4.78 is 5.64. The average molecular weight is 257 g/mol. The molecule has 4 heteroatoms. The van der Waals surface area contributed by atoms with Crippen LogP contribution in [0.15, 0.2) is 0 Å². The molecule has 0 aromatic rings. The number of hydrogen-bond donors (Lipinski definition) is 1. The fourth-order valence-corrected chi connectivity index (χ4v) is 2.52. The molecule has 1 atom stereocenters. The minimum atomic E-state index is 0.330. The van der Waals surface area contributed by atoms with Gasteiger partial charge in [0, 0.05) is 38.2 Å². The van der Waals surface area contributed by atoms with Crippen molar-refractivity contribution < 1.29 is 4.74 Å². The summed E-state index contributed by atoms with van der Waals surface area (Å²) in [5.41, 5.74) is 0.330. The zero-order valence-corrected chi connectivity index (χ0v) is 12.7. The standard InChI is InChI=1S/C14H31N3O/c1-5-7-15-11-14(6-10-18-13-14)12-17(4)9-8-16(2)3/h15H,5-13H2,1-4H3. The fraction of sp³-hybridized carbons (Fsp3) is 1.00. The first-order chi connectivity index (χ1) is 8.58. The van der Waals surface area contributed by atoms with Crippen LogP contribution in [-0.4, -0.2) is 76.9 Å². The van der Waals surface area contributed by atoms with E-state index in [1.165, 1.54) is 12.8 Å². The lowest BCUT2D eigenvalue weighted by Crippen LogP contribution is -2.45. The molecule has 1 fully saturated rings. The van der Waals surface area contributed by atoms with Gasteiger partial charge in [-0.3, -0.25) is 0 Å². The normalized spacial score (nSPS) is 24.3. The van der Waals surface area contributed by atoms with Crippen LogP contribution in [0, 0.1) is 5.41 Å². The van der Waals surface area contributed by atoms with E-state index in [1.807, 2.05) is 0 Å². The molecule has 0 aromatic heterocycles. The van der Waals surface area contributed by atoms with E-state index in [0.717, 1.165) is 45.9 Å². The minimum Gasteiger partial charge on any atom is -0.381 e. The van der Waals surface area contributed by atoms with Gasteiger partial charge in [0.15, 0.2) is 0 Å². The number of nitrogens with one attached hydrogen (secondary N) is 1. The van der Waals surface area contributed by atoms with Gasteiger partial charge in [0.05, 0.1) is 6.61 Å². The zero-order valence-electron chi connectivity index (χ0n) is 12.7. The second-order valence-electron chi connectivity index (χ2n) is 6.02. The molecule has 0 bridgehead atoms. The van der Waals surface area contributed by atoms with Gasteiger partial charge < -0.3 is 19.9 Å². The largest absolute Gasteiger partial charge is 0.381 e. The SMILES string of the molecule is CCCNCC1(CN(C)CCN(C)C)CCOC1. The Kier molecular flexibility index (Phi) is 7.15. The maximum atomic E-state index is 5.64. The van der Waals surface area contributed by atoms with Crippen molar-refractivity contribution in [3.63, 3.8) is 0 Å². The number of likely N-dealkylation sites (N-methyl/N-ethyl adjacent to an activating group) is 2. The van der Waals surface area contributed by atoms with Gasteiger partial charge in [0.25, 0.3) is 0 Å². The third-order valence-electron chi connectivity index (χ3n) is 3.65. The molecule has 1 rings (SSSR count). The van der Waals surface area contributed by atoms with Crippen molar-refractivity contribution in [2.24, 2.45) is 5.41 Å². The van der Waals surface area contributed by atoms with Crippen LogP contribution < -0.4 is 5.32 Å². The van der Waals surface area contributed by atoms with E-state index >= 15 is 0 Å². The zero-order chi connectivity index (χ0) is 13.4. The first-order valence-electron chi connectivity index (χ1n) is 7.20. The van der Waals surface area contributed by atoms with E-state index in [4.69, 9.17) is 4.74 Å². The van der Waals surface area contributed by atoms with Gasteiger partial charge in [-0.1, -0.05) is 6.92 Å². The summed E-state index contributed by atoms with van der Waals surface area (Å²) in [6, 6.07) is 0. The van der Waals surface area contributed by atoms with E-state index in [1.54, 1.807) is 0 Å². The summed E-state index contributed by atoms with van der Waals surface area (Å²) in [5.74, 6) is 0. The van der Waals surface area contributed by atoms with Crippen molar-refractivity contribution in [2.75, 3.05) is 67.1 Å². The molecule has 0 amide bonds. The predicted octanol–water partition coefficient (Wildman–Crippen LogP) is 0.886. The van der Waals surface area contributed by atoms with Crippen molar-refractivity contribution >= 4 is 0 Å². The minimum absolute atomic E-state index is 0.330. The molecule has 18 heavy (non-hydrogen) atoms. The van der Waals surface area contributed by atoms with Gasteiger partial charge in [-0.2, -0.15) is 0 Å². The van der Waals surface area contributed by atoms with Crippen LogP contribution in [0.1, 0.15) is 19.8 Å². The lowest BCUT2D eigenvalue weighted by atomic mass is 9.86. The predicted molar refractivity (Wildman–Crippen MR) is 77.1 cm³/mol. The Labute approximate surface area is 113 Å². The average Bonchev–Trinajstić information content (AvgIpc) is 2.76. The molecule has 1 heterocycles. The molecule has 1 N–H and O–H groups in total. The first-order valence-corrected chi connectivity index (χ1v) is 7.20. The number of nitrogens with zero attached hydrogens (tertiary/aromatic N) is 2. The summed E-state index contributed by atoms with van der Waals surface area (Å²) in [5, 5.41) is 3.57. The molecule has 0 spiro atoms. The van der Waals surface area contributed by atoms with Gasteiger partial charge in [-0.15, -0.1) is 0 Å². The lowest BCUT2D eigenvalue weighted by Gasteiger charge is -2.33. The molecule has 4 nitrogen and oxygen atoms in total. The first kappa shape index (κ1) is 15.9. The summed E-state index contributed by atoms with van der Waals surface area (Å²) in [4.78, 5) is 4.69. The highest BCUT2D eigenvalue weighted by atomic mass is 16.5. The van der Waals surface area contributed by atoms with Crippen LogP contribution in [0.3, 0.4) is 0 Å². The number of hydrogen-bond acceptors (Lipinski definition) is 4. The van der Waals surface area contributed by atoms with Crippen LogP contribution in [0.5, 0.6) is 0 Å². The molecule has 0 aliphatic carbocycles. The summed E-state index contributed by atoms with van der Waals surface area (Å²) in [7, 11) is 6.49. The molecular weight excluding hydrogens is 226 g/mol. The monoisotopic (exact) mass is 257 g/mol. The molecule has 1 aliphatic heterocycles. The molecule has 0 radical (unpaired) electrons. The molecular formula is C14H31N3O. The lowest BCUT2D eigenvalue weighted by molar-refractivity contribution is 0.116. The second kappa shape index (κ2) is 8.10. The highest BCUT2D eigenvalue weighted by molar-refractivity contribution is 4.88. The van der Waals surface area contributed by atoms with Crippen molar-refractivity contribution in [2.45, 2.75) is 19.8 Å². The smallest absolute Gasteiger partial charge is 0.0547 e. The maximum absolute atomic E-state index is 5.64. The van der Waals surface area contributed by atoms with Crippen LogP contribution >= 0.6 is 0 Å². The fourth-order valence-electron chi connectivity index (χ4n) is 2.52. The van der Waals surface area contributed by atoms with Crippen LogP contribution in [0.25, 0.3) is 0 Å². The molecule has 0 saturated carbocycles. The number of ether oxygens (including phenoxy) is 1. The molecule has 1 unspecified atom stereocenters. The van der Waals surface area contributed by atoms with Crippen LogP contribution in [0.2, 0.25) is 0 Å². The Morgan fingerprint density at radius 2 is 2.00 bits per heavy atom. The van der Waals surface area contributed by atoms with E-state index < -0.39 is 0 Å². The molecule has 1 aliphatic rings. The maximum Gasteiger partial charge on any atom is 0.0547 e. The molecule has 108 valence electrons. The molecule has 1 saturated heterocycles. The van der Waals surface area contributed by atoms with Gasteiger partial charge in [-0.05, 0) is 40.5 Å². The molecule has 0 aromatic carbocycles. The summed E-state index contributed by atoms with van der Waals surface area (Å²) >= 11 is 0. The Balaban J connectivity index is 2.36. The topological polar surface area (TPSA) is 27.7 Å². The quantitative estimate of drug-likeness (QED) is 0.621. The summed E-state index contributed by atoms with van der Waals surface area (Å²) in [6.07, 6.45) is 2.39. The van der Waals surface area contributed by atoms with Crippen LogP contribution in [0.4, 0.5) is 0 Å². The Bertz CT molecular complexity index is 215. The van der Waals surface area contributed by atoms with Gasteiger partial charge in [0.1, 0.15) is 0 Å². The second-order valence-corrected chi connectivity index (χ2v) is 6.02. The van der Waals surface area contributed by atoms with Gasteiger partial charge >= 0.3 is 0 Å². The van der Waals surface area contributed by atoms with E-state index in [-0.39, 0.29) is 0 Å². The van der Waals surface area contributed by atoms with Gasteiger partial charge in [-0.25, -0.2) is 0 Å². The summed E-state index contributed by atoms with van der Waals surface area (Å²) in [6.45, 7) is 9.64. The highest BCUT2D eigenvalue weighted by Crippen LogP contribution is 2.28. The third-order valence-corrected chi connectivity index (χ3v) is 3.65. The van der Waals surface area contributed by atoms with Crippen LogP contribution in [-0.2, 0) is 4.74 Å². The Morgan fingerprint density at radius 1 is 1.22 bits per heavy atom. The Hall–Kier alpha value is -0.160. The van der Waals surface area contributed by atoms with Crippen molar-refractivity contribution in [3.05, 3.63) is 0 Å².